The van der Waals surface area contributed by atoms with Gasteiger partial charge in [0.05, 0.1) is 16.6 Å². The Morgan fingerprint density at radius 3 is 2.60 bits per heavy atom. The van der Waals surface area contributed by atoms with Crippen LogP contribution in [-0.2, 0) is 16.1 Å². The van der Waals surface area contributed by atoms with Crippen molar-refractivity contribution in [2.75, 3.05) is 24.5 Å². The molecule has 2 aromatic rings. The van der Waals surface area contributed by atoms with E-state index in [-0.39, 0.29) is 24.1 Å². The Bertz CT molecular complexity index is 972. The summed E-state index contributed by atoms with van der Waals surface area (Å²) >= 11 is 6.20. The Kier molecular flexibility index (Phi) is 6.04. The first-order valence-corrected chi connectivity index (χ1v) is 10.6. The van der Waals surface area contributed by atoms with Gasteiger partial charge >= 0.3 is 0 Å². The van der Waals surface area contributed by atoms with E-state index in [4.69, 9.17) is 11.6 Å². The number of likely N-dealkylation sites (tertiary alicyclic amines) is 1. The van der Waals surface area contributed by atoms with Crippen molar-refractivity contribution in [1.29, 1.82) is 0 Å². The molecule has 1 atom stereocenters. The van der Waals surface area contributed by atoms with Gasteiger partial charge in [-0.2, -0.15) is 0 Å². The van der Waals surface area contributed by atoms with Gasteiger partial charge in [0, 0.05) is 38.2 Å². The first-order valence-electron chi connectivity index (χ1n) is 10.2. The minimum absolute atomic E-state index is 0.0393. The van der Waals surface area contributed by atoms with Crippen LogP contribution in [0.5, 0.6) is 0 Å². The molecule has 6 nitrogen and oxygen atoms in total. The number of anilines is 1. The van der Waals surface area contributed by atoms with Crippen LogP contribution in [0.25, 0.3) is 0 Å². The van der Waals surface area contributed by atoms with Crippen LogP contribution in [0, 0.1) is 5.92 Å². The number of nitrogens with zero attached hydrogens (tertiary/aromatic N) is 2. The molecule has 0 aromatic heterocycles. The number of hydrogen-bond acceptors (Lipinski definition) is 3. The second-order valence-electron chi connectivity index (χ2n) is 7.77. The molecule has 30 heavy (non-hydrogen) atoms. The summed E-state index contributed by atoms with van der Waals surface area (Å²) in [5.74, 6) is -0.670. The SMILES string of the molecule is O=C(NCc1cccc(C(=O)N2CCCC2)c1)C1CC(=O)N(c2ccccc2Cl)C1. The van der Waals surface area contributed by atoms with Crippen LogP contribution in [0.15, 0.2) is 48.5 Å². The van der Waals surface area contributed by atoms with E-state index in [1.54, 1.807) is 23.1 Å². The number of para-hydroxylation sites is 1. The van der Waals surface area contributed by atoms with E-state index >= 15 is 0 Å². The van der Waals surface area contributed by atoms with Crippen molar-refractivity contribution < 1.29 is 14.4 Å². The number of carbonyl (C=O) groups is 3. The molecule has 0 saturated carbocycles. The van der Waals surface area contributed by atoms with Gasteiger partial charge in [-0.25, -0.2) is 0 Å². The highest BCUT2D eigenvalue weighted by Gasteiger charge is 2.35. The van der Waals surface area contributed by atoms with E-state index in [0.717, 1.165) is 31.5 Å². The lowest BCUT2D eigenvalue weighted by Gasteiger charge is -2.18. The van der Waals surface area contributed by atoms with Crippen molar-refractivity contribution in [1.82, 2.24) is 10.2 Å². The second kappa shape index (κ2) is 8.88. The quantitative estimate of drug-likeness (QED) is 0.799. The number of benzene rings is 2. The van der Waals surface area contributed by atoms with Gasteiger partial charge in [-0.3, -0.25) is 14.4 Å². The van der Waals surface area contributed by atoms with Gasteiger partial charge in [-0.05, 0) is 42.7 Å². The highest BCUT2D eigenvalue weighted by molar-refractivity contribution is 6.33. The molecule has 2 fully saturated rings. The molecule has 156 valence electrons. The summed E-state index contributed by atoms with van der Waals surface area (Å²) in [6, 6.07) is 14.5. The topological polar surface area (TPSA) is 69.7 Å². The lowest BCUT2D eigenvalue weighted by Crippen LogP contribution is -2.32. The van der Waals surface area contributed by atoms with Crippen LogP contribution in [-0.4, -0.2) is 42.3 Å². The maximum absolute atomic E-state index is 12.7. The average molecular weight is 426 g/mol. The maximum Gasteiger partial charge on any atom is 0.253 e. The number of halogens is 1. The summed E-state index contributed by atoms with van der Waals surface area (Å²) in [6.45, 7) is 2.23. The van der Waals surface area contributed by atoms with Gasteiger partial charge in [-0.1, -0.05) is 35.9 Å². The van der Waals surface area contributed by atoms with Gasteiger partial charge in [0.2, 0.25) is 11.8 Å². The molecule has 3 amide bonds. The lowest BCUT2D eigenvalue weighted by atomic mass is 10.1. The molecule has 2 aliphatic rings. The van der Waals surface area contributed by atoms with Crippen LogP contribution in [0.1, 0.15) is 35.2 Å². The molecular formula is C23H24ClN3O3. The van der Waals surface area contributed by atoms with Gasteiger partial charge in [0.15, 0.2) is 0 Å². The van der Waals surface area contributed by atoms with Crippen LogP contribution >= 0.6 is 11.6 Å². The largest absolute Gasteiger partial charge is 0.352 e. The first kappa shape index (κ1) is 20.4. The molecule has 2 saturated heterocycles. The zero-order chi connectivity index (χ0) is 21.1. The maximum atomic E-state index is 12.7. The fourth-order valence-corrected chi connectivity index (χ4v) is 4.28. The summed E-state index contributed by atoms with van der Waals surface area (Å²) < 4.78 is 0. The third-order valence-corrected chi connectivity index (χ3v) is 5.99. The Hall–Kier alpha value is -2.86. The monoisotopic (exact) mass is 425 g/mol. The Morgan fingerprint density at radius 2 is 1.83 bits per heavy atom. The third kappa shape index (κ3) is 4.33. The van der Waals surface area contributed by atoms with Gasteiger partial charge in [0.1, 0.15) is 0 Å². The predicted molar refractivity (Wildman–Crippen MR) is 115 cm³/mol. The van der Waals surface area contributed by atoms with Crippen molar-refractivity contribution >= 4 is 35.0 Å². The molecule has 1 unspecified atom stereocenters. The third-order valence-electron chi connectivity index (χ3n) is 5.67. The van der Waals surface area contributed by atoms with Gasteiger partial charge in [-0.15, -0.1) is 0 Å². The van der Waals surface area contributed by atoms with Crippen LogP contribution in [0.2, 0.25) is 5.02 Å². The molecule has 2 heterocycles. The molecule has 0 bridgehead atoms. The van der Waals surface area contributed by atoms with E-state index < -0.39 is 5.92 Å². The minimum atomic E-state index is -0.428. The Morgan fingerprint density at radius 1 is 1.07 bits per heavy atom. The second-order valence-corrected chi connectivity index (χ2v) is 8.18. The van der Waals surface area contributed by atoms with Crippen molar-refractivity contribution in [2.24, 2.45) is 5.92 Å². The molecule has 2 aliphatic heterocycles. The van der Waals surface area contributed by atoms with Crippen molar-refractivity contribution in [3.05, 3.63) is 64.7 Å². The van der Waals surface area contributed by atoms with Crippen LogP contribution in [0.3, 0.4) is 0 Å². The molecule has 7 heteroatoms. The predicted octanol–water partition coefficient (Wildman–Crippen LogP) is 3.25. The fraction of sp³-hybridized carbons (Fsp3) is 0.348. The lowest BCUT2D eigenvalue weighted by molar-refractivity contribution is -0.126. The van der Waals surface area contributed by atoms with E-state index in [2.05, 4.69) is 5.32 Å². The molecule has 1 N–H and O–H groups in total. The molecule has 2 aromatic carbocycles. The number of amides is 3. The van der Waals surface area contributed by atoms with Crippen molar-refractivity contribution in [3.63, 3.8) is 0 Å². The summed E-state index contributed by atoms with van der Waals surface area (Å²) in [7, 11) is 0. The summed E-state index contributed by atoms with van der Waals surface area (Å²) in [5.41, 5.74) is 2.14. The molecule has 0 aliphatic carbocycles. The molecule has 0 spiro atoms. The van der Waals surface area contributed by atoms with E-state index in [0.29, 0.717) is 29.4 Å². The molecular weight excluding hydrogens is 402 g/mol. The number of nitrogens with one attached hydrogen (secondary N) is 1. The molecule has 0 radical (unpaired) electrons. The first-order chi connectivity index (χ1) is 14.5. The summed E-state index contributed by atoms with van der Waals surface area (Å²) in [4.78, 5) is 41.1. The minimum Gasteiger partial charge on any atom is -0.352 e. The number of rotatable bonds is 5. The normalized spacial score (nSPS) is 18.7. The van der Waals surface area contributed by atoms with Crippen LogP contribution in [0.4, 0.5) is 5.69 Å². The van der Waals surface area contributed by atoms with Crippen molar-refractivity contribution in [3.8, 4) is 0 Å². The summed E-state index contributed by atoms with van der Waals surface area (Å²) in [5, 5.41) is 3.40. The summed E-state index contributed by atoms with van der Waals surface area (Å²) in [6.07, 6.45) is 2.25. The Balaban J connectivity index is 1.36. The average Bonchev–Trinajstić information content (AvgIpc) is 3.42. The Labute approximate surface area is 180 Å². The highest BCUT2D eigenvalue weighted by Crippen LogP contribution is 2.31. The van der Waals surface area contributed by atoms with E-state index in [9.17, 15) is 14.4 Å². The van der Waals surface area contributed by atoms with Crippen molar-refractivity contribution in [2.45, 2.75) is 25.8 Å². The number of hydrogen-bond donors (Lipinski definition) is 1. The fourth-order valence-electron chi connectivity index (χ4n) is 4.04. The van der Waals surface area contributed by atoms with E-state index in [1.807, 2.05) is 35.2 Å². The smallest absolute Gasteiger partial charge is 0.253 e. The van der Waals surface area contributed by atoms with E-state index in [1.165, 1.54) is 0 Å². The molecule has 4 rings (SSSR count). The van der Waals surface area contributed by atoms with Gasteiger partial charge < -0.3 is 15.1 Å². The zero-order valence-electron chi connectivity index (χ0n) is 16.6. The standard InChI is InChI=1S/C23H24ClN3O3/c24-19-8-1-2-9-20(19)27-15-18(13-21(27)28)22(29)25-14-16-6-5-7-17(12-16)23(30)26-10-3-4-11-26/h1-2,5-9,12,18H,3-4,10-11,13-15H2,(H,25,29). The highest BCUT2D eigenvalue weighted by atomic mass is 35.5. The van der Waals surface area contributed by atoms with Gasteiger partial charge in [0.25, 0.3) is 5.91 Å². The van der Waals surface area contributed by atoms with Crippen LogP contribution < -0.4 is 10.2 Å². The zero-order valence-corrected chi connectivity index (χ0v) is 17.4. The number of carbonyl (C=O) groups excluding carboxylic acids is 3.